The van der Waals surface area contributed by atoms with Gasteiger partial charge in [-0.05, 0) is 51.5 Å². The third-order valence-corrected chi connectivity index (χ3v) is 3.54. The van der Waals surface area contributed by atoms with Gasteiger partial charge in [-0.2, -0.15) is 0 Å². The Hall–Kier alpha value is -1.75. The molecule has 21 heavy (non-hydrogen) atoms. The van der Waals surface area contributed by atoms with Crippen LogP contribution < -0.4 is 15.0 Å². The molecule has 0 radical (unpaired) electrons. The molecule has 2 N–H and O–H groups in total. The number of anilines is 1. The molecule has 0 bridgehead atoms. The second-order valence-corrected chi connectivity index (χ2v) is 5.81. The second kappa shape index (κ2) is 7.31. The Morgan fingerprint density at radius 2 is 1.95 bits per heavy atom. The third-order valence-electron chi connectivity index (χ3n) is 3.54. The number of hydrogen-bond donors (Lipinski definition) is 2. The summed E-state index contributed by atoms with van der Waals surface area (Å²) in [4.78, 5) is 13.5. The summed E-state index contributed by atoms with van der Waals surface area (Å²) in [6.07, 6.45) is 0.517. The number of aliphatic carboxylic acids is 1. The van der Waals surface area contributed by atoms with Gasteiger partial charge in [-0.15, -0.1) is 0 Å². The van der Waals surface area contributed by atoms with E-state index in [-0.39, 0.29) is 6.04 Å². The molecule has 1 atom stereocenters. The van der Waals surface area contributed by atoms with Gasteiger partial charge in [0.2, 0.25) is 0 Å². The number of carboxylic acids is 1. The molecule has 1 aromatic rings. The predicted molar refractivity (Wildman–Crippen MR) is 85.2 cm³/mol. The van der Waals surface area contributed by atoms with Crippen molar-refractivity contribution in [1.29, 1.82) is 0 Å². The number of hydrogen-bond acceptors (Lipinski definition) is 4. The average Bonchev–Trinajstić information content (AvgIpc) is 2.44. The molecule has 0 heterocycles. The molecule has 1 aromatic carbocycles. The van der Waals surface area contributed by atoms with E-state index in [0.717, 1.165) is 11.4 Å². The third kappa shape index (κ3) is 4.93. The zero-order valence-electron chi connectivity index (χ0n) is 13.5. The zero-order chi connectivity index (χ0) is 16.0. The second-order valence-electron chi connectivity index (χ2n) is 5.81. The fraction of sp³-hybridized carbons (Fsp3) is 0.562. The molecule has 0 saturated heterocycles. The van der Waals surface area contributed by atoms with Gasteiger partial charge in [-0.25, -0.2) is 0 Å². The van der Waals surface area contributed by atoms with Crippen molar-refractivity contribution in [1.82, 2.24) is 5.32 Å². The molecule has 1 unspecified atom stereocenters. The van der Waals surface area contributed by atoms with E-state index >= 15 is 0 Å². The zero-order valence-corrected chi connectivity index (χ0v) is 13.5. The molecular weight excluding hydrogens is 268 g/mol. The molecule has 1 rings (SSSR count). The minimum atomic E-state index is -0.922. The van der Waals surface area contributed by atoms with Crippen LogP contribution in [0.3, 0.4) is 0 Å². The fourth-order valence-electron chi connectivity index (χ4n) is 2.24. The lowest BCUT2D eigenvalue weighted by Gasteiger charge is -2.31. The first-order valence-corrected chi connectivity index (χ1v) is 7.15. The maximum Gasteiger partial charge on any atom is 0.323 e. The Kier molecular flexibility index (Phi) is 6.03. The first-order valence-electron chi connectivity index (χ1n) is 7.15. The van der Waals surface area contributed by atoms with E-state index in [2.05, 4.69) is 5.32 Å². The summed E-state index contributed by atoms with van der Waals surface area (Å²) in [5.74, 6) is -0.0108. The number of methoxy groups -OCH3 is 1. The minimum absolute atomic E-state index is 0.123. The molecule has 118 valence electrons. The van der Waals surface area contributed by atoms with Gasteiger partial charge in [0, 0.05) is 25.3 Å². The lowest BCUT2D eigenvalue weighted by Crippen LogP contribution is -2.53. The Labute approximate surface area is 126 Å². The van der Waals surface area contributed by atoms with Crippen molar-refractivity contribution in [2.75, 3.05) is 25.6 Å². The van der Waals surface area contributed by atoms with Crippen LogP contribution in [0, 0.1) is 0 Å². The summed E-state index contributed by atoms with van der Waals surface area (Å²) in [5, 5.41) is 12.6. The van der Waals surface area contributed by atoms with Crippen LogP contribution in [0.2, 0.25) is 0 Å². The topological polar surface area (TPSA) is 61.8 Å². The molecule has 0 spiro atoms. The lowest BCUT2D eigenvalue weighted by atomic mass is 9.96. The number of ether oxygens (including phenoxy) is 1. The molecule has 5 nitrogen and oxygen atoms in total. The van der Waals surface area contributed by atoms with Gasteiger partial charge in [-0.3, -0.25) is 10.1 Å². The highest BCUT2D eigenvalue weighted by Crippen LogP contribution is 2.20. The highest BCUT2D eigenvalue weighted by atomic mass is 16.5. The fourth-order valence-corrected chi connectivity index (χ4v) is 2.24. The van der Waals surface area contributed by atoms with Gasteiger partial charge in [0.05, 0.1) is 7.11 Å². The molecule has 0 aliphatic carbocycles. The predicted octanol–water partition coefficient (Wildman–Crippen LogP) is 2.36. The van der Waals surface area contributed by atoms with Crippen LogP contribution >= 0.6 is 0 Å². The van der Waals surface area contributed by atoms with Crippen LogP contribution in [0.15, 0.2) is 24.3 Å². The van der Waals surface area contributed by atoms with Crippen LogP contribution in [-0.2, 0) is 4.79 Å². The van der Waals surface area contributed by atoms with Gasteiger partial charge in [0.25, 0.3) is 0 Å². The largest absolute Gasteiger partial charge is 0.497 e. The minimum Gasteiger partial charge on any atom is -0.497 e. The van der Waals surface area contributed by atoms with Gasteiger partial charge < -0.3 is 14.7 Å². The Morgan fingerprint density at radius 1 is 1.38 bits per heavy atom. The van der Waals surface area contributed by atoms with Crippen molar-refractivity contribution in [2.24, 2.45) is 0 Å². The Morgan fingerprint density at radius 3 is 2.38 bits per heavy atom. The highest BCUT2D eigenvalue weighted by Gasteiger charge is 2.33. The van der Waals surface area contributed by atoms with Crippen molar-refractivity contribution >= 4 is 11.7 Å². The monoisotopic (exact) mass is 294 g/mol. The SMILES string of the molecule is COc1ccc(N(C)CCC(C)(NC(C)C)C(=O)O)cc1. The molecule has 0 saturated carbocycles. The van der Waals surface area contributed by atoms with Gasteiger partial charge >= 0.3 is 5.97 Å². The molecular formula is C16H26N2O3. The van der Waals surface area contributed by atoms with Gasteiger partial charge in [0.15, 0.2) is 0 Å². The van der Waals surface area contributed by atoms with Crippen molar-refractivity contribution in [2.45, 2.75) is 38.8 Å². The Balaban J connectivity index is 2.68. The van der Waals surface area contributed by atoms with Crippen molar-refractivity contribution < 1.29 is 14.6 Å². The maximum atomic E-state index is 11.5. The smallest absolute Gasteiger partial charge is 0.323 e. The van der Waals surface area contributed by atoms with Crippen LogP contribution in [0.25, 0.3) is 0 Å². The van der Waals surface area contributed by atoms with Crippen LogP contribution in [0.1, 0.15) is 27.2 Å². The maximum absolute atomic E-state index is 11.5. The van der Waals surface area contributed by atoms with Gasteiger partial charge in [-0.1, -0.05) is 0 Å². The molecule has 5 heteroatoms. The van der Waals surface area contributed by atoms with Crippen LogP contribution in [0.4, 0.5) is 5.69 Å². The summed E-state index contributed by atoms with van der Waals surface area (Å²) >= 11 is 0. The molecule has 0 fully saturated rings. The van der Waals surface area contributed by atoms with E-state index in [4.69, 9.17) is 4.74 Å². The summed E-state index contributed by atoms with van der Waals surface area (Å²) in [6, 6.07) is 7.85. The molecule has 0 aliphatic heterocycles. The van der Waals surface area contributed by atoms with Crippen LogP contribution in [0.5, 0.6) is 5.75 Å². The number of nitrogens with zero attached hydrogens (tertiary/aromatic N) is 1. The number of rotatable bonds is 8. The van der Waals surface area contributed by atoms with E-state index in [1.54, 1.807) is 14.0 Å². The standard InChI is InChI=1S/C16H26N2O3/c1-12(2)17-16(3,15(19)20)10-11-18(4)13-6-8-14(21-5)9-7-13/h6-9,12,17H,10-11H2,1-5H3,(H,19,20). The first kappa shape index (κ1) is 17.3. The lowest BCUT2D eigenvalue weighted by molar-refractivity contribution is -0.144. The number of carbonyl (C=O) groups is 1. The highest BCUT2D eigenvalue weighted by molar-refractivity contribution is 5.78. The van der Waals surface area contributed by atoms with Gasteiger partial charge in [0.1, 0.15) is 11.3 Å². The Bertz CT molecular complexity index is 459. The summed E-state index contributed by atoms with van der Waals surface area (Å²) in [6.45, 7) is 6.29. The first-order chi connectivity index (χ1) is 9.78. The summed E-state index contributed by atoms with van der Waals surface area (Å²) in [7, 11) is 3.59. The summed E-state index contributed by atoms with van der Waals surface area (Å²) in [5.41, 5.74) is 0.114. The van der Waals surface area contributed by atoms with Crippen LogP contribution in [-0.4, -0.2) is 43.4 Å². The average molecular weight is 294 g/mol. The van der Waals surface area contributed by atoms with E-state index in [1.165, 1.54) is 0 Å². The van der Waals surface area contributed by atoms with Crippen molar-refractivity contribution in [3.8, 4) is 5.75 Å². The quantitative estimate of drug-likeness (QED) is 0.770. The van der Waals surface area contributed by atoms with E-state index in [9.17, 15) is 9.90 Å². The normalized spacial score (nSPS) is 13.8. The van der Waals surface area contributed by atoms with Crippen molar-refractivity contribution in [3.05, 3.63) is 24.3 Å². The van der Waals surface area contributed by atoms with Crippen molar-refractivity contribution in [3.63, 3.8) is 0 Å². The molecule has 0 aromatic heterocycles. The molecule has 0 aliphatic rings. The molecule has 0 amide bonds. The van der Waals surface area contributed by atoms with E-state index in [1.807, 2.05) is 50.1 Å². The number of nitrogens with one attached hydrogen (secondary N) is 1. The van der Waals surface area contributed by atoms with E-state index in [0.29, 0.717) is 13.0 Å². The number of carboxylic acid groups (broad SMARTS) is 1. The summed E-state index contributed by atoms with van der Waals surface area (Å²) < 4.78 is 5.13. The van der Waals surface area contributed by atoms with E-state index < -0.39 is 11.5 Å². The number of benzene rings is 1.